The van der Waals surface area contributed by atoms with Crippen molar-refractivity contribution in [3.05, 3.63) is 53.7 Å². The van der Waals surface area contributed by atoms with Gasteiger partial charge >= 0.3 is 0 Å². The molecule has 1 saturated carbocycles. The number of amides is 2. The summed E-state index contributed by atoms with van der Waals surface area (Å²) in [6.45, 7) is 0. The number of benzene rings is 1. The standard InChI is InChI=1S/C17H17N3O5S/c1-25-17-14(3-2-10-18-17)16(22)20-26(23,24)13-8-4-11(5-9-13)15(21)19-12-6-7-12/h2-5,8-10,12H,6-7H2,1H3,(H,19,21)(H,20,22). The normalized spacial score (nSPS) is 13.7. The largest absolute Gasteiger partial charge is 0.480 e. The van der Waals surface area contributed by atoms with Crippen LogP contribution >= 0.6 is 0 Å². The van der Waals surface area contributed by atoms with Gasteiger partial charge in [0, 0.05) is 17.8 Å². The zero-order valence-corrected chi connectivity index (χ0v) is 14.7. The Kier molecular flexibility index (Phi) is 4.90. The number of hydrogen-bond donors (Lipinski definition) is 2. The van der Waals surface area contributed by atoms with E-state index in [-0.39, 0.29) is 28.3 Å². The van der Waals surface area contributed by atoms with Crippen LogP contribution in [-0.2, 0) is 10.0 Å². The Morgan fingerprint density at radius 2 is 1.81 bits per heavy atom. The second-order valence-electron chi connectivity index (χ2n) is 5.77. The third kappa shape index (κ3) is 3.99. The molecule has 1 heterocycles. The fourth-order valence-electron chi connectivity index (χ4n) is 2.24. The Morgan fingerprint density at radius 1 is 1.12 bits per heavy atom. The van der Waals surface area contributed by atoms with Crippen LogP contribution in [0.25, 0.3) is 0 Å². The lowest BCUT2D eigenvalue weighted by Gasteiger charge is -2.09. The molecule has 8 nitrogen and oxygen atoms in total. The lowest BCUT2D eigenvalue weighted by atomic mass is 10.2. The molecule has 2 N–H and O–H groups in total. The molecule has 2 amide bonds. The number of carbonyl (C=O) groups is 2. The number of rotatable bonds is 6. The van der Waals surface area contributed by atoms with E-state index in [1.807, 2.05) is 4.72 Å². The van der Waals surface area contributed by atoms with Gasteiger partial charge in [-0.05, 0) is 49.2 Å². The van der Waals surface area contributed by atoms with Gasteiger partial charge in [-0.15, -0.1) is 0 Å². The van der Waals surface area contributed by atoms with Crippen LogP contribution in [0.3, 0.4) is 0 Å². The van der Waals surface area contributed by atoms with Crippen LogP contribution < -0.4 is 14.8 Å². The summed E-state index contributed by atoms with van der Waals surface area (Å²) in [6.07, 6.45) is 3.35. The Labute approximate surface area is 150 Å². The molecule has 0 spiro atoms. The molecule has 1 fully saturated rings. The van der Waals surface area contributed by atoms with Crippen LogP contribution in [0.1, 0.15) is 33.6 Å². The molecule has 0 aliphatic heterocycles. The van der Waals surface area contributed by atoms with Crippen LogP contribution in [0.2, 0.25) is 0 Å². The first-order chi connectivity index (χ1) is 12.4. The van der Waals surface area contributed by atoms with Gasteiger partial charge in [0.05, 0.1) is 12.0 Å². The quantitative estimate of drug-likeness (QED) is 0.781. The summed E-state index contributed by atoms with van der Waals surface area (Å²) < 4.78 is 31.7. The predicted molar refractivity (Wildman–Crippen MR) is 92.4 cm³/mol. The molecule has 1 aliphatic carbocycles. The average Bonchev–Trinajstić information content (AvgIpc) is 3.45. The van der Waals surface area contributed by atoms with Crippen LogP contribution in [0.15, 0.2) is 47.5 Å². The number of hydrogen-bond acceptors (Lipinski definition) is 6. The SMILES string of the molecule is COc1ncccc1C(=O)NS(=O)(=O)c1ccc(C(=O)NC2CC2)cc1. The maximum atomic E-state index is 12.4. The van der Waals surface area contributed by atoms with Crippen molar-refractivity contribution in [2.45, 2.75) is 23.8 Å². The number of carbonyl (C=O) groups excluding carboxylic acids is 2. The molecular weight excluding hydrogens is 358 g/mol. The van der Waals surface area contributed by atoms with Gasteiger partial charge in [-0.25, -0.2) is 18.1 Å². The number of sulfonamides is 1. The highest BCUT2D eigenvalue weighted by molar-refractivity contribution is 7.90. The summed E-state index contributed by atoms with van der Waals surface area (Å²) in [7, 11) is -2.77. The van der Waals surface area contributed by atoms with E-state index in [2.05, 4.69) is 10.3 Å². The third-order valence-corrected chi connectivity index (χ3v) is 5.12. The molecule has 1 aromatic carbocycles. The molecule has 1 aromatic heterocycles. The monoisotopic (exact) mass is 375 g/mol. The highest BCUT2D eigenvalue weighted by Crippen LogP contribution is 2.20. The molecule has 0 saturated heterocycles. The van der Waals surface area contributed by atoms with E-state index in [0.29, 0.717) is 5.56 Å². The second-order valence-corrected chi connectivity index (χ2v) is 7.45. The molecule has 9 heteroatoms. The van der Waals surface area contributed by atoms with Gasteiger partial charge in [-0.1, -0.05) is 0 Å². The van der Waals surface area contributed by atoms with Crippen molar-refractivity contribution in [1.29, 1.82) is 0 Å². The van der Waals surface area contributed by atoms with Gasteiger partial charge in [0.2, 0.25) is 5.88 Å². The Bertz CT molecular complexity index is 937. The van der Waals surface area contributed by atoms with Gasteiger partial charge in [0.25, 0.3) is 21.8 Å². The fraction of sp³-hybridized carbons (Fsp3) is 0.235. The first-order valence-electron chi connectivity index (χ1n) is 7.88. The maximum Gasteiger partial charge on any atom is 0.270 e. The lowest BCUT2D eigenvalue weighted by molar-refractivity contribution is 0.0948. The van der Waals surface area contributed by atoms with Crippen molar-refractivity contribution in [2.24, 2.45) is 0 Å². The van der Waals surface area contributed by atoms with Gasteiger partial charge in [-0.3, -0.25) is 9.59 Å². The number of ether oxygens (including phenoxy) is 1. The van der Waals surface area contributed by atoms with Gasteiger partial charge < -0.3 is 10.1 Å². The number of methoxy groups -OCH3 is 1. The van der Waals surface area contributed by atoms with Crippen LogP contribution in [-0.4, -0.2) is 38.4 Å². The minimum atomic E-state index is -4.10. The van der Waals surface area contributed by atoms with Crippen molar-refractivity contribution < 1.29 is 22.7 Å². The Balaban J connectivity index is 1.75. The zero-order valence-electron chi connectivity index (χ0n) is 13.9. The predicted octanol–water partition coefficient (Wildman–Crippen LogP) is 1.10. The van der Waals surface area contributed by atoms with Crippen molar-refractivity contribution in [2.75, 3.05) is 7.11 Å². The van der Waals surface area contributed by atoms with E-state index in [1.54, 1.807) is 0 Å². The van der Waals surface area contributed by atoms with Crippen molar-refractivity contribution >= 4 is 21.8 Å². The zero-order chi connectivity index (χ0) is 18.7. The third-order valence-electron chi connectivity index (χ3n) is 3.78. The van der Waals surface area contributed by atoms with Crippen molar-refractivity contribution in [3.8, 4) is 5.88 Å². The average molecular weight is 375 g/mol. The molecule has 0 unspecified atom stereocenters. The van der Waals surface area contributed by atoms with E-state index < -0.39 is 15.9 Å². The number of aromatic nitrogens is 1. The molecule has 0 atom stereocenters. The molecule has 26 heavy (non-hydrogen) atoms. The van der Waals surface area contributed by atoms with E-state index in [0.717, 1.165) is 12.8 Å². The fourth-order valence-corrected chi connectivity index (χ4v) is 3.21. The smallest absolute Gasteiger partial charge is 0.270 e. The number of pyridine rings is 1. The minimum absolute atomic E-state index is 0.000920. The molecular formula is C17H17N3O5S. The Hall–Kier alpha value is -2.94. The maximum absolute atomic E-state index is 12.4. The summed E-state index contributed by atoms with van der Waals surface area (Å²) in [6, 6.07) is 8.47. The lowest BCUT2D eigenvalue weighted by Crippen LogP contribution is -2.31. The van der Waals surface area contributed by atoms with Crippen molar-refractivity contribution in [1.82, 2.24) is 15.0 Å². The summed E-state index contributed by atoms with van der Waals surface area (Å²) in [5, 5.41) is 2.82. The minimum Gasteiger partial charge on any atom is -0.480 e. The molecule has 2 aromatic rings. The van der Waals surface area contributed by atoms with E-state index in [1.165, 1.54) is 49.7 Å². The second kappa shape index (κ2) is 7.12. The highest BCUT2D eigenvalue weighted by Gasteiger charge is 2.25. The summed E-state index contributed by atoms with van der Waals surface area (Å²) >= 11 is 0. The highest BCUT2D eigenvalue weighted by atomic mass is 32.2. The van der Waals surface area contributed by atoms with Crippen LogP contribution in [0.4, 0.5) is 0 Å². The van der Waals surface area contributed by atoms with Crippen molar-refractivity contribution in [3.63, 3.8) is 0 Å². The van der Waals surface area contributed by atoms with E-state index in [9.17, 15) is 18.0 Å². The van der Waals surface area contributed by atoms with Crippen LogP contribution in [0.5, 0.6) is 5.88 Å². The molecule has 136 valence electrons. The molecule has 1 aliphatic rings. The van der Waals surface area contributed by atoms with E-state index >= 15 is 0 Å². The first-order valence-corrected chi connectivity index (χ1v) is 9.36. The Morgan fingerprint density at radius 3 is 2.42 bits per heavy atom. The molecule has 3 rings (SSSR count). The van der Waals surface area contributed by atoms with Gasteiger partial charge in [0.1, 0.15) is 5.56 Å². The van der Waals surface area contributed by atoms with E-state index in [4.69, 9.17) is 4.74 Å². The topological polar surface area (TPSA) is 114 Å². The molecule has 0 radical (unpaired) electrons. The number of nitrogens with one attached hydrogen (secondary N) is 2. The van der Waals surface area contributed by atoms with Gasteiger partial charge in [0.15, 0.2) is 0 Å². The number of nitrogens with zero attached hydrogens (tertiary/aromatic N) is 1. The summed E-state index contributed by atoms with van der Waals surface area (Å²) in [5.74, 6) is -1.08. The summed E-state index contributed by atoms with van der Waals surface area (Å²) in [5.41, 5.74) is 0.357. The van der Waals surface area contributed by atoms with Gasteiger partial charge in [-0.2, -0.15) is 0 Å². The molecule has 0 bridgehead atoms. The van der Waals surface area contributed by atoms with Crippen LogP contribution in [0, 0.1) is 0 Å². The summed E-state index contributed by atoms with van der Waals surface area (Å²) in [4.78, 5) is 27.9. The first kappa shape index (κ1) is 17.9.